The Labute approximate surface area is 186 Å². The maximum absolute atomic E-state index is 13.1. The molecule has 1 aromatic heterocycles. The van der Waals surface area contributed by atoms with Gasteiger partial charge in [0.1, 0.15) is 6.04 Å². The first kappa shape index (κ1) is 20.6. The van der Waals surface area contributed by atoms with Crippen molar-refractivity contribution in [3.8, 4) is 0 Å². The van der Waals surface area contributed by atoms with E-state index in [0.717, 1.165) is 15.1 Å². The Kier molecular flexibility index (Phi) is 4.73. The molecule has 1 atom stereocenters. The minimum absolute atomic E-state index is 0.0396. The summed E-state index contributed by atoms with van der Waals surface area (Å²) in [6.07, 6.45) is 0.298. The summed E-state index contributed by atoms with van der Waals surface area (Å²) in [5, 5.41) is 2.91. The predicted molar refractivity (Wildman–Crippen MR) is 113 cm³/mol. The molecule has 1 aromatic carbocycles. The van der Waals surface area contributed by atoms with Crippen LogP contribution in [0.15, 0.2) is 18.2 Å². The van der Waals surface area contributed by atoms with Crippen LogP contribution in [-0.4, -0.2) is 65.2 Å². The molecule has 0 bridgehead atoms. The van der Waals surface area contributed by atoms with E-state index in [2.05, 4.69) is 10.3 Å². The molecule has 1 unspecified atom stereocenters. The molecule has 2 aromatic rings. The lowest BCUT2D eigenvalue weighted by Crippen LogP contribution is -2.62. The van der Waals surface area contributed by atoms with E-state index in [-0.39, 0.29) is 31.1 Å². The van der Waals surface area contributed by atoms with Gasteiger partial charge in [0.15, 0.2) is 5.13 Å². The molecule has 10 nitrogen and oxygen atoms in total. The van der Waals surface area contributed by atoms with Gasteiger partial charge in [-0.3, -0.25) is 29.4 Å². The number of thiazole rings is 1. The number of likely N-dealkylation sites (tertiary alicyclic amines) is 1. The zero-order valence-corrected chi connectivity index (χ0v) is 18.1. The summed E-state index contributed by atoms with van der Waals surface area (Å²) in [7, 11) is 0. The van der Waals surface area contributed by atoms with Crippen LogP contribution in [0.4, 0.5) is 5.13 Å². The highest BCUT2D eigenvalue weighted by molar-refractivity contribution is 7.22. The van der Waals surface area contributed by atoms with Gasteiger partial charge in [0.2, 0.25) is 23.6 Å². The highest BCUT2D eigenvalue weighted by Gasteiger charge is 2.61. The van der Waals surface area contributed by atoms with Gasteiger partial charge in [0.05, 0.1) is 27.8 Å². The summed E-state index contributed by atoms with van der Waals surface area (Å²) in [6.45, 7) is 2.69. The van der Waals surface area contributed by atoms with E-state index in [9.17, 15) is 24.0 Å². The number of nitrogens with zero attached hydrogens (tertiary/aromatic N) is 3. The maximum atomic E-state index is 13.1. The lowest BCUT2D eigenvalue weighted by Gasteiger charge is -2.46. The second kappa shape index (κ2) is 7.37. The smallest absolute Gasteiger partial charge is 0.338 e. The molecule has 4 amide bonds. The van der Waals surface area contributed by atoms with Crippen molar-refractivity contribution in [2.24, 2.45) is 5.41 Å². The minimum Gasteiger partial charge on any atom is -0.462 e. The van der Waals surface area contributed by atoms with Crippen molar-refractivity contribution in [1.82, 2.24) is 15.2 Å². The van der Waals surface area contributed by atoms with Crippen molar-refractivity contribution in [3.63, 3.8) is 0 Å². The van der Waals surface area contributed by atoms with Gasteiger partial charge >= 0.3 is 5.97 Å². The van der Waals surface area contributed by atoms with Gasteiger partial charge < -0.3 is 9.64 Å². The number of fused-ring (bicyclic) bond motifs is 1. The molecule has 0 saturated carbocycles. The van der Waals surface area contributed by atoms with Gasteiger partial charge in [-0.15, -0.1) is 0 Å². The average Bonchev–Trinajstić information content (AvgIpc) is 3.25. The number of piperidine rings is 1. The Hall–Kier alpha value is -3.34. The Balaban J connectivity index is 1.32. The number of hydrogen-bond acceptors (Lipinski definition) is 9. The number of nitrogens with one attached hydrogen (secondary N) is 1. The van der Waals surface area contributed by atoms with Gasteiger partial charge in [-0.25, -0.2) is 9.78 Å². The molecule has 1 spiro atoms. The molecular weight excluding hydrogens is 436 g/mol. The molecule has 3 fully saturated rings. The zero-order valence-electron chi connectivity index (χ0n) is 17.3. The van der Waals surface area contributed by atoms with Crippen molar-refractivity contribution in [2.75, 3.05) is 24.6 Å². The summed E-state index contributed by atoms with van der Waals surface area (Å²) in [6, 6.07) is 4.23. The monoisotopic (exact) mass is 456 g/mol. The predicted octanol–water partition coefficient (Wildman–Crippen LogP) is 0.844. The molecule has 1 N–H and O–H groups in total. The van der Waals surface area contributed by atoms with Crippen molar-refractivity contribution in [2.45, 2.75) is 32.2 Å². The molecule has 32 heavy (non-hydrogen) atoms. The second-order valence-electron chi connectivity index (χ2n) is 8.25. The molecule has 11 heteroatoms. The number of carbonyl (C=O) groups is 5. The number of amides is 4. The summed E-state index contributed by atoms with van der Waals surface area (Å²) in [5.74, 6) is -2.13. The summed E-state index contributed by atoms with van der Waals surface area (Å²) in [4.78, 5) is 68.8. The number of hydrogen-bond donors (Lipinski definition) is 1. The quantitative estimate of drug-likeness (QED) is 0.530. The molecule has 3 aliphatic rings. The van der Waals surface area contributed by atoms with Crippen LogP contribution in [0.25, 0.3) is 10.2 Å². The van der Waals surface area contributed by atoms with E-state index in [1.165, 1.54) is 11.3 Å². The number of rotatable bonds is 4. The Morgan fingerprint density at radius 1 is 1.28 bits per heavy atom. The van der Waals surface area contributed by atoms with Crippen molar-refractivity contribution in [1.29, 1.82) is 0 Å². The summed E-state index contributed by atoms with van der Waals surface area (Å²) in [5.41, 5.74) is 0.316. The van der Waals surface area contributed by atoms with Crippen LogP contribution in [0.5, 0.6) is 0 Å². The average molecular weight is 456 g/mol. The zero-order chi connectivity index (χ0) is 22.6. The summed E-state index contributed by atoms with van der Waals surface area (Å²) < 4.78 is 5.86. The van der Waals surface area contributed by atoms with Crippen LogP contribution in [-0.2, 0) is 23.9 Å². The molecule has 5 rings (SSSR count). The fourth-order valence-corrected chi connectivity index (χ4v) is 5.52. The molecular formula is C21H20N4O6S. The molecule has 4 heterocycles. The van der Waals surface area contributed by atoms with Crippen LogP contribution in [0.3, 0.4) is 0 Å². The number of imide groups is 2. The standard InChI is InChI=1S/C21H20N4O6S/c1-2-31-18(29)11-3-4-12-14(7-11)32-20(22-12)24-9-21(10-24)8-16(27)25(19(21)30)13-5-6-15(26)23-17(13)28/h3-4,7,13H,2,5-6,8-10H2,1H3,(H,23,26,28). The molecule has 166 valence electrons. The molecule has 3 aliphatic heterocycles. The van der Waals surface area contributed by atoms with Crippen molar-refractivity contribution >= 4 is 56.3 Å². The maximum Gasteiger partial charge on any atom is 0.338 e. The van der Waals surface area contributed by atoms with Crippen LogP contribution in [0.1, 0.15) is 36.5 Å². The highest BCUT2D eigenvalue weighted by Crippen LogP contribution is 2.46. The van der Waals surface area contributed by atoms with Crippen LogP contribution in [0.2, 0.25) is 0 Å². The molecule has 0 radical (unpaired) electrons. The Morgan fingerprint density at radius 2 is 2.06 bits per heavy atom. The second-order valence-corrected chi connectivity index (χ2v) is 9.26. The molecule has 3 saturated heterocycles. The van der Waals surface area contributed by atoms with E-state index in [0.29, 0.717) is 30.4 Å². The summed E-state index contributed by atoms with van der Waals surface area (Å²) >= 11 is 1.40. The van der Waals surface area contributed by atoms with E-state index < -0.39 is 29.2 Å². The Morgan fingerprint density at radius 3 is 2.78 bits per heavy atom. The van der Waals surface area contributed by atoms with Crippen LogP contribution >= 0.6 is 11.3 Å². The van der Waals surface area contributed by atoms with Gasteiger partial charge in [-0.2, -0.15) is 0 Å². The lowest BCUT2D eigenvalue weighted by molar-refractivity contribution is -0.152. The number of ether oxygens (including phenoxy) is 1. The first-order valence-corrected chi connectivity index (χ1v) is 11.2. The van der Waals surface area contributed by atoms with Gasteiger partial charge in [0, 0.05) is 25.9 Å². The van der Waals surface area contributed by atoms with Crippen LogP contribution < -0.4 is 10.2 Å². The number of anilines is 1. The minimum atomic E-state index is -0.926. The third-order valence-electron chi connectivity index (χ3n) is 6.10. The number of esters is 1. The fourth-order valence-electron chi connectivity index (χ4n) is 4.52. The number of benzene rings is 1. The van der Waals surface area contributed by atoms with Crippen LogP contribution in [0, 0.1) is 5.41 Å². The van der Waals surface area contributed by atoms with Gasteiger partial charge in [-0.1, -0.05) is 11.3 Å². The number of carbonyl (C=O) groups excluding carboxylic acids is 5. The first-order chi connectivity index (χ1) is 15.3. The van der Waals surface area contributed by atoms with Crippen molar-refractivity contribution < 1.29 is 28.7 Å². The van der Waals surface area contributed by atoms with Gasteiger partial charge in [-0.05, 0) is 31.5 Å². The largest absolute Gasteiger partial charge is 0.462 e. The van der Waals surface area contributed by atoms with E-state index in [1.54, 1.807) is 25.1 Å². The van der Waals surface area contributed by atoms with Crippen molar-refractivity contribution in [3.05, 3.63) is 23.8 Å². The fraction of sp³-hybridized carbons (Fsp3) is 0.429. The third-order valence-corrected chi connectivity index (χ3v) is 7.18. The SMILES string of the molecule is CCOC(=O)c1ccc2nc(N3CC4(CC(=O)N(C5CCC(=O)NC5=O)C4=O)C3)sc2c1. The van der Waals surface area contributed by atoms with E-state index in [4.69, 9.17) is 4.74 Å². The van der Waals surface area contributed by atoms with E-state index >= 15 is 0 Å². The lowest BCUT2D eigenvalue weighted by atomic mass is 9.78. The topological polar surface area (TPSA) is 126 Å². The normalized spacial score (nSPS) is 22.5. The molecule has 0 aliphatic carbocycles. The Bertz CT molecular complexity index is 1180. The number of aromatic nitrogens is 1. The van der Waals surface area contributed by atoms with Gasteiger partial charge in [0.25, 0.3) is 0 Å². The third kappa shape index (κ3) is 3.15. The first-order valence-electron chi connectivity index (χ1n) is 10.3. The van der Waals surface area contributed by atoms with E-state index in [1.807, 2.05) is 4.90 Å². The highest BCUT2D eigenvalue weighted by atomic mass is 32.1.